The Morgan fingerprint density at radius 2 is 2.17 bits per heavy atom. The Bertz CT molecular complexity index is 388. The van der Waals surface area contributed by atoms with Crippen LogP contribution in [0.2, 0.25) is 0 Å². The van der Waals surface area contributed by atoms with Gasteiger partial charge in [0.15, 0.2) is 11.6 Å². The molecule has 0 radical (unpaired) electrons. The van der Waals surface area contributed by atoms with Gasteiger partial charge in [0.2, 0.25) is 0 Å². The summed E-state index contributed by atoms with van der Waals surface area (Å²) in [6.45, 7) is 8.13. The summed E-state index contributed by atoms with van der Waals surface area (Å²) < 4.78 is 19.2. The smallest absolute Gasteiger partial charge is 0.165 e. The molecule has 0 atom stereocenters. The number of benzene rings is 1. The molecule has 0 fully saturated rings. The van der Waals surface area contributed by atoms with Gasteiger partial charge in [0.05, 0.1) is 0 Å². The van der Waals surface area contributed by atoms with E-state index in [9.17, 15) is 4.39 Å². The maximum absolute atomic E-state index is 13.7. The van der Waals surface area contributed by atoms with E-state index in [0.29, 0.717) is 24.8 Å². The van der Waals surface area contributed by atoms with Crippen LogP contribution in [0.25, 0.3) is 0 Å². The first kappa shape index (κ1) is 14.7. The number of hydrogen-bond acceptors (Lipinski definition) is 2. The first-order valence-corrected chi connectivity index (χ1v) is 6.37. The summed E-state index contributed by atoms with van der Waals surface area (Å²) in [5.74, 6) is 0.626. The molecule has 0 bridgehead atoms. The monoisotopic (exact) mass is 251 g/mol. The molecule has 1 rings (SSSR count). The fourth-order valence-corrected chi connectivity index (χ4v) is 1.58. The fraction of sp³-hybridized carbons (Fsp3) is 0.467. The van der Waals surface area contributed by atoms with Crippen molar-refractivity contribution in [2.45, 2.75) is 27.3 Å². The van der Waals surface area contributed by atoms with E-state index in [1.54, 1.807) is 6.07 Å². The van der Waals surface area contributed by atoms with Gasteiger partial charge in [-0.15, -0.1) is 0 Å². The summed E-state index contributed by atoms with van der Waals surface area (Å²) in [4.78, 5) is 0. The highest BCUT2D eigenvalue weighted by Crippen LogP contribution is 2.22. The minimum atomic E-state index is -0.302. The molecule has 0 amide bonds. The minimum Gasteiger partial charge on any atom is -0.486 e. The lowest BCUT2D eigenvalue weighted by molar-refractivity contribution is 0.335. The van der Waals surface area contributed by atoms with Crippen LogP contribution in [0.3, 0.4) is 0 Å². The number of ether oxygens (including phenoxy) is 1. The molecular weight excluding hydrogens is 229 g/mol. The van der Waals surface area contributed by atoms with Crippen molar-refractivity contribution >= 4 is 0 Å². The number of nitrogens with one attached hydrogen (secondary N) is 1. The van der Waals surface area contributed by atoms with E-state index >= 15 is 0 Å². The molecule has 1 N–H and O–H groups in total. The van der Waals surface area contributed by atoms with Gasteiger partial charge in [-0.3, -0.25) is 0 Å². The van der Waals surface area contributed by atoms with Gasteiger partial charge in [-0.2, -0.15) is 0 Å². The van der Waals surface area contributed by atoms with Crippen LogP contribution in [-0.4, -0.2) is 13.2 Å². The zero-order valence-corrected chi connectivity index (χ0v) is 11.4. The van der Waals surface area contributed by atoms with Crippen LogP contribution in [0.5, 0.6) is 5.75 Å². The molecule has 0 heterocycles. The van der Waals surface area contributed by atoms with E-state index in [-0.39, 0.29) is 5.82 Å². The third kappa shape index (κ3) is 4.88. The van der Waals surface area contributed by atoms with Crippen LogP contribution in [-0.2, 0) is 6.54 Å². The van der Waals surface area contributed by atoms with Crippen LogP contribution in [0.1, 0.15) is 26.3 Å². The average molecular weight is 251 g/mol. The van der Waals surface area contributed by atoms with Gasteiger partial charge in [-0.05, 0) is 25.5 Å². The van der Waals surface area contributed by atoms with Gasteiger partial charge in [0.1, 0.15) is 6.61 Å². The molecule has 0 saturated carbocycles. The lowest BCUT2D eigenvalue weighted by atomic mass is 10.1. The van der Waals surface area contributed by atoms with Crippen molar-refractivity contribution in [2.24, 2.45) is 5.92 Å². The molecule has 100 valence electrons. The molecule has 3 heteroatoms. The number of allylic oxidation sites excluding steroid dienone is 1. The lowest BCUT2D eigenvalue weighted by Gasteiger charge is -2.13. The lowest BCUT2D eigenvalue weighted by Crippen LogP contribution is -2.19. The fourth-order valence-electron chi connectivity index (χ4n) is 1.58. The maximum Gasteiger partial charge on any atom is 0.165 e. The van der Waals surface area contributed by atoms with Crippen molar-refractivity contribution in [3.8, 4) is 5.75 Å². The Hall–Kier alpha value is -1.35. The summed E-state index contributed by atoms with van der Waals surface area (Å²) >= 11 is 0. The number of halogens is 1. The molecule has 2 nitrogen and oxygen atoms in total. The minimum absolute atomic E-state index is 0.302. The third-order valence-electron chi connectivity index (χ3n) is 2.48. The molecule has 0 unspecified atom stereocenters. The largest absolute Gasteiger partial charge is 0.486 e. The van der Waals surface area contributed by atoms with Crippen molar-refractivity contribution in [2.75, 3.05) is 13.2 Å². The highest BCUT2D eigenvalue weighted by atomic mass is 19.1. The van der Waals surface area contributed by atoms with E-state index in [0.717, 1.165) is 12.1 Å². The second-order valence-corrected chi connectivity index (χ2v) is 4.63. The highest BCUT2D eigenvalue weighted by Gasteiger charge is 2.09. The molecule has 0 saturated heterocycles. The van der Waals surface area contributed by atoms with E-state index in [4.69, 9.17) is 4.74 Å². The SMILES string of the molecule is C/C=C/COc1c(F)cccc1CNCC(C)C. The number of hydrogen-bond donors (Lipinski definition) is 1. The molecule has 0 spiro atoms. The summed E-state index contributed by atoms with van der Waals surface area (Å²) in [6, 6.07) is 5.03. The zero-order chi connectivity index (χ0) is 13.4. The van der Waals surface area contributed by atoms with Crippen LogP contribution >= 0.6 is 0 Å². The molecule has 18 heavy (non-hydrogen) atoms. The van der Waals surface area contributed by atoms with Crippen molar-refractivity contribution in [3.05, 3.63) is 41.7 Å². The second-order valence-electron chi connectivity index (χ2n) is 4.63. The second kappa shape index (κ2) is 7.88. The molecular formula is C15H22FNO. The Morgan fingerprint density at radius 1 is 1.39 bits per heavy atom. The van der Waals surface area contributed by atoms with Crippen molar-refractivity contribution in [3.63, 3.8) is 0 Å². The van der Waals surface area contributed by atoms with Gasteiger partial charge < -0.3 is 10.1 Å². The van der Waals surface area contributed by atoms with E-state index in [1.807, 2.05) is 25.1 Å². The number of para-hydroxylation sites is 1. The Morgan fingerprint density at radius 3 is 2.83 bits per heavy atom. The Balaban J connectivity index is 2.67. The first-order valence-electron chi connectivity index (χ1n) is 6.37. The predicted octanol–water partition coefficient (Wildman–Crippen LogP) is 3.53. The van der Waals surface area contributed by atoms with E-state index < -0.39 is 0 Å². The summed E-state index contributed by atoms with van der Waals surface area (Å²) in [5, 5.41) is 3.29. The molecule has 0 aliphatic carbocycles. The first-order chi connectivity index (χ1) is 8.65. The number of rotatable bonds is 7. The molecule has 0 aromatic heterocycles. The van der Waals surface area contributed by atoms with Crippen LogP contribution in [0, 0.1) is 11.7 Å². The average Bonchev–Trinajstić information content (AvgIpc) is 2.32. The molecule has 1 aromatic rings. The maximum atomic E-state index is 13.7. The van der Waals surface area contributed by atoms with Gasteiger partial charge >= 0.3 is 0 Å². The van der Waals surface area contributed by atoms with Crippen molar-refractivity contribution in [1.82, 2.24) is 5.32 Å². The molecule has 1 aromatic carbocycles. The Labute approximate surface area is 109 Å². The standard InChI is InChI=1S/C15H22FNO/c1-4-5-9-18-15-13(7-6-8-14(15)16)11-17-10-12(2)3/h4-8,12,17H,9-11H2,1-3H3/b5-4+. The Kier molecular flexibility index (Phi) is 6.44. The van der Waals surface area contributed by atoms with Crippen LogP contribution < -0.4 is 10.1 Å². The molecule has 0 aliphatic rings. The van der Waals surface area contributed by atoms with Gasteiger partial charge in [0, 0.05) is 12.1 Å². The van der Waals surface area contributed by atoms with Crippen molar-refractivity contribution < 1.29 is 9.13 Å². The van der Waals surface area contributed by atoms with Crippen LogP contribution in [0.4, 0.5) is 4.39 Å². The topological polar surface area (TPSA) is 21.3 Å². The van der Waals surface area contributed by atoms with Crippen molar-refractivity contribution in [1.29, 1.82) is 0 Å². The van der Waals surface area contributed by atoms with E-state index in [2.05, 4.69) is 19.2 Å². The van der Waals surface area contributed by atoms with Gasteiger partial charge in [-0.25, -0.2) is 4.39 Å². The highest BCUT2D eigenvalue weighted by molar-refractivity contribution is 5.35. The summed E-state index contributed by atoms with van der Waals surface area (Å²) in [7, 11) is 0. The quantitative estimate of drug-likeness (QED) is 0.749. The summed E-state index contributed by atoms with van der Waals surface area (Å²) in [6.07, 6.45) is 3.75. The van der Waals surface area contributed by atoms with Crippen LogP contribution in [0.15, 0.2) is 30.4 Å². The third-order valence-corrected chi connectivity index (χ3v) is 2.48. The normalized spacial score (nSPS) is 11.4. The van der Waals surface area contributed by atoms with Gasteiger partial charge in [-0.1, -0.05) is 38.1 Å². The predicted molar refractivity (Wildman–Crippen MR) is 73.3 cm³/mol. The van der Waals surface area contributed by atoms with Gasteiger partial charge in [0.25, 0.3) is 0 Å². The zero-order valence-electron chi connectivity index (χ0n) is 11.4. The molecule has 0 aliphatic heterocycles. The summed E-state index contributed by atoms with van der Waals surface area (Å²) in [5.41, 5.74) is 0.861. The van der Waals surface area contributed by atoms with E-state index in [1.165, 1.54) is 6.07 Å².